The summed E-state index contributed by atoms with van der Waals surface area (Å²) >= 11 is 0. The molecule has 0 spiro atoms. The second-order valence-corrected chi connectivity index (χ2v) is 6.34. The number of aliphatic carboxylic acids is 1. The van der Waals surface area contributed by atoms with E-state index in [0.717, 1.165) is 17.1 Å². The van der Waals surface area contributed by atoms with Crippen LogP contribution in [0.4, 0.5) is 11.8 Å². The van der Waals surface area contributed by atoms with Crippen LogP contribution in [-0.4, -0.2) is 63.6 Å². The molecule has 0 amide bonds. The Balaban J connectivity index is 1.87. The SMILES string of the molecule is Cc1cnc(N2C[C@H](CC(=O)O)[C@H](c3cn[nH]n3)C2)nc1N(C)C. The van der Waals surface area contributed by atoms with Gasteiger partial charge in [-0.3, -0.25) is 4.79 Å². The van der Waals surface area contributed by atoms with Gasteiger partial charge in [0.2, 0.25) is 5.95 Å². The van der Waals surface area contributed by atoms with E-state index < -0.39 is 5.97 Å². The summed E-state index contributed by atoms with van der Waals surface area (Å²) < 4.78 is 0. The molecular weight excluding hydrogens is 310 g/mol. The Bertz CT molecular complexity index is 717. The van der Waals surface area contributed by atoms with Crippen molar-refractivity contribution in [2.24, 2.45) is 5.92 Å². The van der Waals surface area contributed by atoms with Crippen molar-refractivity contribution in [1.29, 1.82) is 0 Å². The molecule has 9 heteroatoms. The number of aryl methyl sites for hydroxylation is 1. The van der Waals surface area contributed by atoms with Crippen LogP contribution in [-0.2, 0) is 4.79 Å². The number of rotatable bonds is 5. The van der Waals surface area contributed by atoms with Gasteiger partial charge in [0.1, 0.15) is 5.82 Å². The number of aromatic nitrogens is 5. The van der Waals surface area contributed by atoms with Crippen LogP contribution in [0, 0.1) is 12.8 Å². The minimum absolute atomic E-state index is 0.00689. The predicted molar refractivity (Wildman–Crippen MR) is 88.2 cm³/mol. The molecule has 1 fully saturated rings. The minimum atomic E-state index is -0.811. The molecule has 1 aliphatic heterocycles. The zero-order valence-corrected chi connectivity index (χ0v) is 14.0. The van der Waals surface area contributed by atoms with Crippen LogP contribution in [0.3, 0.4) is 0 Å². The number of nitrogens with one attached hydrogen (secondary N) is 1. The first kappa shape index (κ1) is 16.2. The molecule has 1 saturated heterocycles. The van der Waals surface area contributed by atoms with E-state index in [0.29, 0.717) is 19.0 Å². The van der Waals surface area contributed by atoms with Gasteiger partial charge >= 0.3 is 5.97 Å². The van der Waals surface area contributed by atoms with Crippen LogP contribution in [0.5, 0.6) is 0 Å². The molecule has 3 heterocycles. The zero-order chi connectivity index (χ0) is 17.3. The normalized spacial score (nSPS) is 20.4. The maximum Gasteiger partial charge on any atom is 0.303 e. The van der Waals surface area contributed by atoms with E-state index in [9.17, 15) is 9.90 Å². The summed E-state index contributed by atoms with van der Waals surface area (Å²) in [6.45, 7) is 3.18. The highest BCUT2D eigenvalue weighted by Crippen LogP contribution is 2.35. The van der Waals surface area contributed by atoms with E-state index in [1.54, 1.807) is 12.4 Å². The van der Waals surface area contributed by atoms with Crippen molar-refractivity contribution in [1.82, 2.24) is 25.4 Å². The minimum Gasteiger partial charge on any atom is -0.481 e. The van der Waals surface area contributed by atoms with Gasteiger partial charge in [-0.25, -0.2) is 4.98 Å². The van der Waals surface area contributed by atoms with Crippen LogP contribution in [0.25, 0.3) is 0 Å². The molecule has 0 bridgehead atoms. The van der Waals surface area contributed by atoms with Crippen LogP contribution in [0.15, 0.2) is 12.4 Å². The lowest BCUT2D eigenvalue weighted by atomic mass is 9.91. The standard InChI is InChI=1S/C15H21N7O2/c1-9-5-16-15(18-14(9)21(2)3)22-7-10(4-13(23)24)11(8-22)12-6-17-20-19-12/h5-6,10-11H,4,7-8H2,1-3H3,(H,23,24)(H,17,19,20)/t10-,11+/m0/s1. The summed E-state index contributed by atoms with van der Waals surface area (Å²) in [7, 11) is 3.88. The fraction of sp³-hybridized carbons (Fsp3) is 0.533. The molecule has 3 rings (SSSR count). The summed E-state index contributed by atoms with van der Waals surface area (Å²) in [6, 6.07) is 0. The summed E-state index contributed by atoms with van der Waals surface area (Å²) in [5, 5.41) is 19.8. The first-order chi connectivity index (χ1) is 11.5. The highest BCUT2D eigenvalue weighted by atomic mass is 16.4. The second-order valence-electron chi connectivity index (χ2n) is 6.34. The average molecular weight is 331 g/mol. The van der Waals surface area contributed by atoms with E-state index in [2.05, 4.69) is 25.4 Å². The lowest BCUT2D eigenvalue weighted by Gasteiger charge is -2.20. The van der Waals surface area contributed by atoms with Crippen molar-refractivity contribution in [3.8, 4) is 0 Å². The third kappa shape index (κ3) is 3.15. The fourth-order valence-corrected chi connectivity index (χ4v) is 3.22. The summed E-state index contributed by atoms with van der Waals surface area (Å²) in [5.41, 5.74) is 1.78. The van der Waals surface area contributed by atoms with Gasteiger partial charge < -0.3 is 14.9 Å². The number of carbonyl (C=O) groups is 1. The van der Waals surface area contributed by atoms with E-state index in [4.69, 9.17) is 0 Å². The lowest BCUT2D eigenvalue weighted by molar-refractivity contribution is -0.138. The molecule has 0 radical (unpaired) electrons. The third-order valence-corrected chi connectivity index (χ3v) is 4.33. The highest BCUT2D eigenvalue weighted by molar-refractivity contribution is 5.67. The van der Waals surface area contributed by atoms with Gasteiger partial charge in [0, 0.05) is 44.9 Å². The average Bonchev–Trinajstić information content (AvgIpc) is 3.16. The van der Waals surface area contributed by atoms with Crippen LogP contribution in [0.1, 0.15) is 23.6 Å². The topological polar surface area (TPSA) is 111 Å². The molecule has 1 aliphatic rings. The summed E-state index contributed by atoms with van der Waals surface area (Å²) in [4.78, 5) is 24.2. The van der Waals surface area contributed by atoms with E-state index in [-0.39, 0.29) is 18.3 Å². The summed E-state index contributed by atoms with van der Waals surface area (Å²) in [6.07, 6.45) is 3.54. The lowest BCUT2D eigenvalue weighted by Crippen LogP contribution is -2.24. The number of carboxylic acids is 1. The number of nitrogens with zero attached hydrogens (tertiary/aromatic N) is 6. The number of H-pyrrole nitrogens is 1. The van der Waals surface area contributed by atoms with Crippen molar-refractivity contribution in [3.05, 3.63) is 23.7 Å². The van der Waals surface area contributed by atoms with Crippen molar-refractivity contribution in [2.75, 3.05) is 37.0 Å². The number of anilines is 2. The van der Waals surface area contributed by atoms with Crippen molar-refractivity contribution in [3.63, 3.8) is 0 Å². The Hall–Kier alpha value is -2.71. The molecule has 24 heavy (non-hydrogen) atoms. The fourth-order valence-electron chi connectivity index (χ4n) is 3.22. The molecule has 2 atom stereocenters. The maximum absolute atomic E-state index is 11.2. The monoisotopic (exact) mass is 331 g/mol. The van der Waals surface area contributed by atoms with Crippen molar-refractivity contribution >= 4 is 17.7 Å². The van der Waals surface area contributed by atoms with Crippen LogP contribution >= 0.6 is 0 Å². The van der Waals surface area contributed by atoms with Gasteiger partial charge in [-0.2, -0.15) is 20.4 Å². The van der Waals surface area contributed by atoms with Crippen LogP contribution in [0.2, 0.25) is 0 Å². The van der Waals surface area contributed by atoms with Gasteiger partial charge in [0.05, 0.1) is 18.3 Å². The van der Waals surface area contributed by atoms with Gasteiger partial charge in [-0.1, -0.05) is 0 Å². The van der Waals surface area contributed by atoms with Gasteiger partial charge in [0.25, 0.3) is 0 Å². The molecule has 2 aromatic rings. The molecule has 0 unspecified atom stereocenters. The van der Waals surface area contributed by atoms with E-state index in [1.807, 2.05) is 30.8 Å². The Morgan fingerprint density at radius 3 is 2.83 bits per heavy atom. The first-order valence-corrected chi connectivity index (χ1v) is 7.79. The number of hydrogen-bond donors (Lipinski definition) is 2. The Labute approximate surface area is 139 Å². The largest absolute Gasteiger partial charge is 0.481 e. The molecule has 0 aromatic carbocycles. The molecule has 0 aliphatic carbocycles. The predicted octanol–water partition coefficient (Wildman–Crippen LogP) is 0.664. The second kappa shape index (κ2) is 6.42. The first-order valence-electron chi connectivity index (χ1n) is 7.79. The van der Waals surface area contributed by atoms with Gasteiger partial charge in [0.15, 0.2) is 0 Å². The smallest absolute Gasteiger partial charge is 0.303 e. The molecule has 2 N–H and O–H groups in total. The van der Waals surface area contributed by atoms with E-state index >= 15 is 0 Å². The third-order valence-electron chi connectivity index (χ3n) is 4.33. The maximum atomic E-state index is 11.2. The van der Waals surface area contributed by atoms with Gasteiger partial charge in [-0.15, -0.1) is 0 Å². The van der Waals surface area contributed by atoms with Crippen molar-refractivity contribution in [2.45, 2.75) is 19.3 Å². The molecule has 128 valence electrons. The van der Waals surface area contributed by atoms with E-state index in [1.165, 1.54) is 0 Å². The van der Waals surface area contributed by atoms with Crippen molar-refractivity contribution < 1.29 is 9.90 Å². The Morgan fingerprint density at radius 1 is 1.42 bits per heavy atom. The highest BCUT2D eigenvalue weighted by Gasteiger charge is 2.37. The van der Waals surface area contributed by atoms with Gasteiger partial charge in [-0.05, 0) is 12.8 Å². The molecule has 2 aromatic heterocycles. The molecule has 0 saturated carbocycles. The number of hydrogen-bond acceptors (Lipinski definition) is 7. The zero-order valence-electron chi connectivity index (χ0n) is 14.0. The molecular formula is C15H21N7O2. The Kier molecular flexibility index (Phi) is 4.32. The quantitative estimate of drug-likeness (QED) is 0.822. The Morgan fingerprint density at radius 2 is 2.21 bits per heavy atom. The summed E-state index contributed by atoms with van der Waals surface area (Å²) in [5.74, 6) is 0.604. The van der Waals surface area contributed by atoms with Crippen LogP contribution < -0.4 is 9.80 Å². The molecule has 9 nitrogen and oxygen atoms in total. The number of carboxylic acid groups (broad SMARTS) is 1. The number of aromatic amines is 1.